The lowest BCUT2D eigenvalue weighted by molar-refractivity contribution is 0.0656. The fraction of sp³-hybridized carbons (Fsp3) is 0.857. The predicted molar refractivity (Wildman–Crippen MR) is 45.6 cm³/mol. The van der Waals surface area contributed by atoms with Gasteiger partial charge in [0, 0.05) is 13.1 Å². The van der Waals surface area contributed by atoms with Gasteiger partial charge in [-0.3, -0.25) is 0 Å². The van der Waals surface area contributed by atoms with Gasteiger partial charge in [-0.15, -0.1) is 0 Å². The van der Waals surface area contributed by atoms with Crippen LogP contribution in [0.2, 0.25) is 0 Å². The van der Waals surface area contributed by atoms with Gasteiger partial charge in [0.15, 0.2) is 0 Å². The normalized spacial score (nSPS) is 18.4. The number of nitrogens with zero attached hydrogens (tertiary/aromatic N) is 1. The number of ether oxygens (including phenoxy) is 1. The third kappa shape index (κ3) is 2.98. The van der Waals surface area contributed by atoms with E-state index in [0.29, 0.717) is 31.3 Å². The summed E-state index contributed by atoms with van der Waals surface area (Å²) in [5, 5.41) is 0. The number of hydrogen-bond donors (Lipinski definition) is 0. The number of halogens is 2. The number of thiocarbonyl (C=S) groups is 1. The van der Waals surface area contributed by atoms with Crippen LogP contribution in [-0.2, 0) is 4.74 Å². The highest BCUT2D eigenvalue weighted by Gasteiger charge is 2.16. The van der Waals surface area contributed by atoms with Gasteiger partial charge in [0.1, 0.15) is 0 Å². The van der Waals surface area contributed by atoms with Crippen LogP contribution in [0.3, 0.4) is 0 Å². The first kappa shape index (κ1) is 9.80. The topological polar surface area (TPSA) is 12.5 Å². The van der Waals surface area contributed by atoms with Crippen molar-refractivity contribution in [2.24, 2.45) is 0 Å². The summed E-state index contributed by atoms with van der Waals surface area (Å²) in [6, 6.07) is 0. The van der Waals surface area contributed by atoms with Crippen molar-refractivity contribution < 1.29 is 13.5 Å². The lowest BCUT2D eigenvalue weighted by Gasteiger charge is -2.28. The van der Waals surface area contributed by atoms with Crippen LogP contribution in [0.1, 0.15) is 6.42 Å². The van der Waals surface area contributed by atoms with Gasteiger partial charge in [-0.2, -0.15) is 0 Å². The smallest absolute Gasteiger partial charge is 0.244 e. The SMILES string of the molecule is FC(F)CC(=S)N1CCOCC1. The van der Waals surface area contributed by atoms with Crippen molar-refractivity contribution in [2.75, 3.05) is 26.3 Å². The average Bonchev–Trinajstić information content (AvgIpc) is 2.05. The van der Waals surface area contributed by atoms with Crippen LogP contribution in [0.25, 0.3) is 0 Å². The van der Waals surface area contributed by atoms with Crippen LogP contribution >= 0.6 is 12.2 Å². The van der Waals surface area contributed by atoms with Gasteiger partial charge < -0.3 is 9.64 Å². The molecule has 0 bridgehead atoms. The van der Waals surface area contributed by atoms with Gasteiger partial charge >= 0.3 is 0 Å². The summed E-state index contributed by atoms with van der Waals surface area (Å²) in [5.41, 5.74) is 0. The molecule has 0 saturated carbocycles. The molecule has 5 heteroatoms. The molecule has 0 unspecified atom stereocenters. The molecule has 0 spiro atoms. The van der Waals surface area contributed by atoms with Crippen molar-refractivity contribution in [3.05, 3.63) is 0 Å². The molecule has 70 valence electrons. The molecule has 0 atom stereocenters. The Kier molecular flexibility index (Phi) is 3.81. The summed E-state index contributed by atoms with van der Waals surface area (Å²) in [6.45, 7) is 2.46. The molecule has 1 heterocycles. The second-order valence-corrected chi connectivity index (χ2v) is 3.06. The van der Waals surface area contributed by atoms with Gasteiger partial charge in [-0.25, -0.2) is 8.78 Å². The van der Waals surface area contributed by atoms with E-state index in [1.165, 1.54) is 0 Å². The summed E-state index contributed by atoms with van der Waals surface area (Å²) < 4.78 is 28.9. The minimum atomic E-state index is -2.33. The Hall–Kier alpha value is -0.290. The highest BCUT2D eigenvalue weighted by Crippen LogP contribution is 2.07. The van der Waals surface area contributed by atoms with Gasteiger partial charge in [0.05, 0.1) is 24.6 Å². The maximum atomic E-state index is 11.9. The minimum absolute atomic E-state index is 0.296. The quantitative estimate of drug-likeness (QED) is 0.616. The van der Waals surface area contributed by atoms with Crippen molar-refractivity contribution in [1.82, 2.24) is 4.90 Å². The molecule has 0 aliphatic carbocycles. The molecule has 0 aromatic rings. The minimum Gasteiger partial charge on any atom is -0.378 e. The summed E-state index contributed by atoms with van der Waals surface area (Å²) in [4.78, 5) is 2.14. The van der Waals surface area contributed by atoms with Crippen molar-refractivity contribution in [3.8, 4) is 0 Å². The van der Waals surface area contributed by atoms with Gasteiger partial charge in [-0.05, 0) is 0 Å². The van der Waals surface area contributed by atoms with Crippen LogP contribution < -0.4 is 0 Å². The van der Waals surface area contributed by atoms with Gasteiger partial charge in [0.2, 0.25) is 6.43 Å². The lowest BCUT2D eigenvalue weighted by atomic mass is 10.3. The molecule has 1 rings (SSSR count). The van der Waals surface area contributed by atoms with E-state index >= 15 is 0 Å². The molecule has 0 radical (unpaired) electrons. The summed E-state index contributed by atoms with van der Waals surface area (Å²) >= 11 is 4.84. The van der Waals surface area contributed by atoms with Gasteiger partial charge in [0.25, 0.3) is 0 Å². The zero-order chi connectivity index (χ0) is 8.97. The molecular formula is C7H11F2NOS. The Morgan fingerprint density at radius 3 is 2.50 bits per heavy atom. The summed E-state index contributed by atoms with van der Waals surface area (Å²) in [6.07, 6.45) is -2.63. The Morgan fingerprint density at radius 1 is 1.42 bits per heavy atom. The number of hydrogen-bond acceptors (Lipinski definition) is 2. The Balaban J connectivity index is 2.30. The molecular weight excluding hydrogens is 184 g/mol. The van der Waals surface area contributed by atoms with Crippen molar-refractivity contribution in [2.45, 2.75) is 12.8 Å². The second-order valence-electron chi connectivity index (χ2n) is 2.59. The Labute approximate surface area is 75.5 Å². The maximum absolute atomic E-state index is 11.9. The summed E-state index contributed by atoms with van der Waals surface area (Å²) in [5.74, 6) is 0. The van der Waals surface area contributed by atoms with E-state index in [2.05, 4.69) is 0 Å². The standard InChI is InChI=1S/C7H11F2NOS/c8-6(9)5-7(12)10-1-3-11-4-2-10/h6H,1-5H2. The largest absolute Gasteiger partial charge is 0.378 e. The fourth-order valence-electron chi connectivity index (χ4n) is 1.07. The average molecular weight is 195 g/mol. The van der Waals surface area contributed by atoms with Crippen molar-refractivity contribution in [1.29, 1.82) is 0 Å². The monoisotopic (exact) mass is 195 g/mol. The Morgan fingerprint density at radius 2 is 2.00 bits per heavy atom. The molecule has 0 aromatic heterocycles. The van der Waals surface area contributed by atoms with Crippen LogP contribution in [0.15, 0.2) is 0 Å². The highest BCUT2D eigenvalue weighted by molar-refractivity contribution is 7.80. The first-order chi connectivity index (χ1) is 5.70. The predicted octanol–water partition coefficient (Wildman–Crippen LogP) is 1.30. The number of rotatable bonds is 2. The van der Waals surface area contributed by atoms with Crippen LogP contribution in [0, 0.1) is 0 Å². The first-order valence-electron chi connectivity index (χ1n) is 3.84. The van der Waals surface area contributed by atoms with E-state index in [-0.39, 0.29) is 6.42 Å². The van der Waals surface area contributed by atoms with Crippen molar-refractivity contribution >= 4 is 17.2 Å². The molecule has 0 N–H and O–H groups in total. The van der Waals surface area contributed by atoms with E-state index in [1.807, 2.05) is 0 Å². The molecule has 1 aliphatic heterocycles. The zero-order valence-electron chi connectivity index (χ0n) is 6.63. The number of morpholine rings is 1. The highest BCUT2D eigenvalue weighted by atomic mass is 32.1. The molecule has 0 amide bonds. The zero-order valence-corrected chi connectivity index (χ0v) is 7.45. The second kappa shape index (κ2) is 4.67. The molecule has 1 saturated heterocycles. The molecule has 2 nitrogen and oxygen atoms in total. The van der Waals surface area contributed by atoms with E-state index < -0.39 is 6.43 Å². The fourth-order valence-corrected chi connectivity index (χ4v) is 1.38. The number of alkyl halides is 2. The van der Waals surface area contributed by atoms with E-state index in [0.717, 1.165) is 0 Å². The maximum Gasteiger partial charge on any atom is 0.244 e. The molecule has 1 fully saturated rings. The molecule has 0 aromatic carbocycles. The van der Waals surface area contributed by atoms with Crippen LogP contribution in [-0.4, -0.2) is 42.6 Å². The van der Waals surface area contributed by atoms with E-state index in [4.69, 9.17) is 17.0 Å². The van der Waals surface area contributed by atoms with E-state index in [9.17, 15) is 8.78 Å². The van der Waals surface area contributed by atoms with Gasteiger partial charge in [-0.1, -0.05) is 12.2 Å². The molecule has 1 aliphatic rings. The third-order valence-electron chi connectivity index (χ3n) is 1.69. The van der Waals surface area contributed by atoms with Crippen molar-refractivity contribution in [3.63, 3.8) is 0 Å². The lowest BCUT2D eigenvalue weighted by Crippen LogP contribution is -2.40. The van der Waals surface area contributed by atoms with Crippen LogP contribution in [0.5, 0.6) is 0 Å². The Bertz CT molecular complexity index is 159. The first-order valence-corrected chi connectivity index (χ1v) is 4.24. The van der Waals surface area contributed by atoms with E-state index in [1.54, 1.807) is 4.90 Å². The summed E-state index contributed by atoms with van der Waals surface area (Å²) in [7, 11) is 0. The van der Waals surface area contributed by atoms with Crippen LogP contribution in [0.4, 0.5) is 8.78 Å². The third-order valence-corrected chi connectivity index (χ3v) is 2.12. The molecule has 12 heavy (non-hydrogen) atoms.